The molecule has 2 fully saturated rings. The first kappa shape index (κ1) is 24.4. The second kappa shape index (κ2) is 11.6. The van der Waals surface area contributed by atoms with Crippen LogP contribution in [0.5, 0.6) is 0 Å². The Bertz CT molecular complexity index is 1050. The zero-order valence-electron chi connectivity index (χ0n) is 19.6. The molecule has 0 atom stereocenters. The first-order chi connectivity index (χ1) is 16.5. The van der Waals surface area contributed by atoms with Gasteiger partial charge in [0.2, 0.25) is 10.0 Å². The van der Waals surface area contributed by atoms with Gasteiger partial charge in [-0.3, -0.25) is 4.90 Å². The molecule has 2 amide bonds. The van der Waals surface area contributed by atoms with E-state index in [9.17, 15) is 13.2 Å². The van der Waals surface area contributed by atoms with Crippen LogP contribution in [-0.2, 0) is 10.0 Å². The van der Waals surface area contributed by atoms with E-state index in [2.05, 4.69) is 34.5 Å². The third-order valence-electron chi connectivity index (χ3n) is 6.44. The van der Waals surface area contributed by atoms with E-state index in [1.807, 2.05) is 23.1 Å². The van der Waals surface area contributed by atoms with Crippen LogP contribution in [0.15, 0.2) is 65.6 Å². The summed E-state index contributed by atoms with van der Waals surface area (Å²) in [6.45, 7) is 4.67. The molecule has 2 saturated heterocycles. The number of sulfonamides is 1. The molecule has 2 aliphatic heterocycles. The van der Waals surface area contributed by atoms with E-state index in [0.29, 0.717) is 31.9 Å². The number of benzene rings is 2. The fourth-order valence-corrected chi connectivity index (χ4v) is 5.81. The van der Waals surface area contributed by atoms with Gasteiger partial charge in [-0.05, 0) is 42.7 Å². The Hall–Kier alpha value is -2.68. The lowest BCUT2D eigenvalue weighted by molar-refractivity contribution is 0.204. The Morgan fingerprint density at radius 2 is 1.47 bits per heavy atom. The smallest absolute Gasteiger partial charge is 0.321 e. The molecule has 0 aromatic heterocycles. The number of likely N-dealkylation sites (tertiary alicyclic amines) is 1. The number of hydrogen-bond acceptors (Lipinski definition) is 4. The number of nitrogens with zero attached hydrogens (tertiary/aromatic N) is 3. The van der Waals surface area contributed by atoms with E-state index in [0.717, 1.165) is 50.9 Å². The maximum atomic E-state index is 13.1. The van der Waals surface area contributed by atoms with Crippen LogP contribution in [0.1, 0.15) is 31.2 Å². The van der Waals surface area contributed by atoms with Crippen LogP contribution in [0, 0.1) is 0 Å². The Labute approximate surface area is 203 Å². The maximum Gasteiger partial charge on any atom is 0.321 e. The van der Waals surface area contributed by atoms with Gasteiger partial charge < -0.3 is 10.2 Å². The monoisotopic (exact) mass is 482 g/mol. The number of anilines is 1. The molecule has 2 heterocycles. The number of hydrogen-bond donors (Lipinski definition) is 1. The number of piperazine rings is 1. The molecule has 0 aliphatic carbocycles. The van der Waals surface area contributed by atoms with Gasteiger partial charge in [-0.1, -0.05) is 55.3 Å². The molecule has 2 aliphatic rings. The Kier molecular flexibility index (Phi) is 8.37. The summed E-state index contributed by atoms with van der Waals surface area (Å²) in [6, 6.07) is 16.6. The highest BCUT2D eigenvalue weighted by molar-refractivity contribution is 7.89. The van der Waals surface area contributed by atoms with E-state index >= 15 is 0 Å². The summed E-state index contributed by atoms with van der Waals surface area (Å²) in [4.78, 5) is 16.9. The molecular weight excluding hydrogens is 448 g/mol. The van der Waals surface area contributed by atoms with Crippen molar-refractivity contribution in [2.45, 2.75) is 30.6 Å². The van der Waals surface area contributed by atoms with Crippen LogP contribution in [0.25, 0.3) is 6.08 Å². The first-order valence-corrected chi connectivity index (χ1v) is 13.6. The van der Waals surface area contributed by atoms with Gasteiger partial charge >= 0.3 is 6.03 Å². The second-order valence-electron chi connectivity index (χ2n) is 8.87. The molecular formula is C26H34N4O3S. The lowest BCUT2D eigenvalue weighted by Gasteiger charge is -2.33. The minimum Gasteiger partial charge on any atom is -0.325 e. The molecule has 0 radical (unpaired) electrons. The van der Waals surface area contributed by atoms with Gasteiger partial charge in [0.05, 0.1) is 4.90 Å². The summed E-state index contributed by atoms with van der Waals surface area (Å²) in [7, 11) is -3.55. The standard InChI is InChI=1S/C26H34N4O3S/c31-26(29-17-6-1-2-7-18-29)27-24-12-14-25(15-13-24)34(32,33)30-21-19-28(20-22-30)16-8-11-23-9-4-3-5-10-23/h3-5,8-15H,1-2,6-7,16-22H2,(H,27,31)/b11-8+. The van der Waals surface area contributed by atoms with Crippen LogP contribution in [0.2, 0.25) is 0 Å². The van der Waals surface area contributed by atoms with Crippen molar-refractivity contribution in [1.82, 2.24) is 14.1 Å². The molecule has 0 bridgehead atoms. The quantitative estimate of drug-likeness (QED) is 0.672. The van der Waals surface area contributed by atoms with Gasteiger partial charge in [-0.2, -0.15) is 4.31 Å². The van der Waals surface area contributed by atoms with E-state index in [-0.39, 0.29) is 10.9 Å². The SMILES string of the molecule is O=C(Nc1ccc(S(=O)(=O)N2CCN(C/C=C/c3ccccc3)CC2)cc1)N1CCCCCC1. The van der Waals surface area contributed by atoms with Gasteiger partial charge in [0.25, 0.3) is 0 Å². The predicted octanol–water partition coefficient (Wildman–Crippen LogP) is 4.11. The Morgan fingerprint density at radius 3 is 2.12 bits per heavy atom. The van der Waals surface area contributed by atoms with Crippen LogP contribution in [-0.4, -0.2) is 74.4 Å². The fraction of sp³-hybridized carbons (Fsp3) is 0.423. The third-order valence-corrected chi connectivity index (χ3v) is 8.35. The average molecular weight is 483 g/mol. The maximum absolute atomic E-state index is 13.1. The Morgan fingerprint density at radius 1 is 0.824 bits per heavy atom. The average Bonchev–Trinajstić information content (AvgIpc) is 3.15. The van der Waals surface area contributed by atoms with Gasteiger partial charge in [-0.25, -0.2) is 13.2 Å². The molecule has 4 rings (SSSR count). The van der Waals surface area contributed by atoms with Crippen molar-refractivity contribution in [3.63, 3.8) is 0 Å². The van der Waals surface area contributed by atoms with E-state index in [1.54, 1.807) is 28.6 Å². The molecule has 0 unspecified atom stereocenters. The topological polar surface area (TPSA) is 73.0 Å². The van der Waals surface area contributed by atoms with Crippen molar-refractivity contribution in [1.29, 1.82) is 0 Å². The molecule has 182 valence electrons. The normalized spacial score (nSPS) is 18.6. The highest BCUT2D eigenvalue weighted by Crippen LogP contribution is 2.21. The molecule has 7 nitrogen and oxygen atoms in total. The summed E-state index contributed by atoms with van der Waals surface area (Å²) >= 11 is 0. The number of amides is 2. The fourth-order valence-electron chi connectivity index (χ4n) is 4.39. The summed E-state index contributed by atoms with van der Waals surface area (Å²) in [5, 5.41) is 2.90. The molecule has 34 heavy (non-hydrogen) atoms. The van der Waals surface area contributed by atoms with E-state index in [4.69, 9.17) is 0 Å². The summed E-state index contributed by atoms with van der Waals surface area (Å²) in [6.07, 6.45) is 8.60. The van der Waals surface area contributed by atoms with Crippen molar-refractivity contribution in [2.24, 2.45) is 0 Å². The summed E-state index contributed by atoms with van der Waals surface area (Å²) in [5.74, 6) is 0. The zero-order valence-corrected chi connectivity index (χ0v) is 20.4. The van der Waals surface area contributed by atoms with Crippen LogP contribution in [0.3, 0.4) is 0 Å². The van der Waals surface area contributed by atoms with E-state index in [1.165, 1.54) is 0 Å². The Balaban J connectivity index is 1.28. The lowest BCUT2D eigenvalue weighted by atomic mass is 10.2. The lowest BCUT2D eigenvalue weighted by Crippen LogP contribution is -2.48. The minimum absolute atomic E-state index is 0.116. The molecule has 2 aromatic rings. The highest BCUT2D eigenvalue weighted by atomic mass is 32.2. The number of carbonyl (C=O) groups excluding carboxylic acids is 1. The van der Waals surface area contributed by atoms with Gasteiger partial charge in [0, 0.05) is 51.5 Å². The molecule has 0 spiro atoms. The zero-order chi connectivity index (χ0) is 23.8. The summed E-state index contributed by atoms with van der Waals surface area (Å²) < 4.78 is 27.8. The molecule has 2 aromatic carbocycles. The highest BCUT2D eigenvalue weighted by Gasteiger charge is 2.28. The first-order valence-electron chi connectivity index (χ1n) is 12.1. The van der Waals surface area contributed by atoms with Crippen LogP contribution < -0.4 is 5.32 Å². The number of carbonyl (C=O) groups is 1. The van der Waals surface area contributed by atoms with Crippen LogP contribution >= 0.6 is 0 Å². The third kappa shape index (κ3) is 6.46. The molecule has 8 heteroatoms. The number of nitrogens with one attached hydrogen (secondary N) is 1. The minimum atomic E-state index is -3.55. The second-order valence-corrected chi connectivity index (χ2v) is 10.8. The van der Waals surface area contributed by atoms with Gasteiger partial charge in [-0.15, -0.1) is 0 Å². The van der Waals surface area contributed by atoms with Gasteiger partial charge in [0.1, 0.15) is 0 Å². The summed E-state index contributed by atoms with van der Waals surface area (Å²) in [5.41, 5.74) is 1.78. The largest absolute Gasteiger partial charge is 0.325 e. The predicted molar refractivity (Wildman–Crippen MR) is 136 cm³/mol. The number of rotatable bonds is 6. The number of urea groups is 1. The van der Waals surface area contributed by atoms with Crippen LogP contribution in [0.4, 0.5) is 10.5 Å². The van der Waals surface area contributed by atoms with Crippen molar-refractivity contribution < 1.29 is 13.2 Å². The van der Waals surface area contributed by atoms with Crippen molar-refractivity contribution in [3.05, 3.63) is 66.2 Å². The van der Waals surface area contributed by atoms with Crippen molar-refractivity contribution >= 4 is 27.8 Å². The molecule has 0 saturated carbocycles. The molecule has 1 N–H and O–H groups in total. The van der Waals surface area contributed by atoms with Gasteiger partial charge in [0.15, 0.2) is 0 Å². The van der Waals surface area contributed by atoms with Crippen molar-refractivity contribution in [2.75, 3.05) is 51.1 Å². The van der Waals surface area contributed by atoms with E-state index < -0.39 is 10.0 Å². The van der Waals surface area contributed by atoms with Crippen molar-refractivity contribution in [3.8, 4) is 0 Å².